The van der Waals surface area contributed by atoms with Gasteiger partial charge in [-0.1, -0.05) is 61.4 Å². The first kappa shape index (κ1) is 25.5. The number of benzene rings is 3. The Hall–Kier alpha value is -2.17. The minimum Gasteiger partial charge on any atom is -0.497 e. The molecule has 3 aromatic carbocycles. The standard InChI is InChI=1S/C27H36NO4P/c1-31-25-13-8-11-22(20-25)10-4-2-3-5-12-23-16-17-24(27-15-7-6-14-26(23)27)21-28-18-9-19-32-33(29)30/h6-8,11,13-17,20,28,33H,2-5,9-10,12,18-19,21H2,1H3,(H,29,30). The van der Waals surface area contributed by atoms with Crippen LogP contribution < -0.4 is 10.1 Å². The van der Waals surface area contributed by atoms with Gasteiger partial charge in [-0.3, -0.25) is 4.57 Å². The number of hydrogen-bond acceptors (Lipinski definition) is 4. The van der Waals surface area contributed by atoms with E-state index < -0.39 is 8.25 Å². The highest BCUT2D eigenvalue weighted by Crippen LogP contribution is 2.25. The van der Waals surface area contributed by atoms with Crippen LogP contribution in [0.1, 0.15) is 48.8 Å². The van der Waals surface area contributed by atoms with Gasteiger partial charge >= 0.3 is 8.25 Å². The van der Waals surface area contributed by atoms with Gasteiger partial charge in [0.1, 0.15) is 5.75 Å². The number of ether oxygens (including phenoxy) is 1. The Labute approximate surface area is 198 Å². The second-order valence-electron chi connectivity index (χ2n) is 8.34. The second kappa shape index (κ2) is 14.2. The number of methoxy groups -OCH3 is 1. The highest BCUT2D eigenvalue weighted by molar-refractivity contribution is 7.32. The molecule has 6 heteroatoms. The summed E-state index contributed by atoms with van der Waals surface area (Å²) in [4.78, 5) is 8.70. The maximum absolute atomic E-state index is 10.6. The van der Waals surface area contributed by atoms with Gasteiger partial charge in [0.05, 0.1) is 13.7 Å². The Morgan fingerprint density at radius 1 is 0.848 bits per heavy atom. The van der Waals surface area contributed by atoms with Crippen LogP contribution in [-0.2, 0) is 28.5 Å². The lowest BCUT2D eigenvalue weighted by Crippen LogP contribution is -2.16. The molecule has 0 heterocycles. The number of unbranched alkanes of at least 4 members (excludes halogenated alkanes) is 3. The molecular weight excluding hydrogens is 433 g/mol. The predicted octanol–water partition coefficient (Wildman–Crippen LogP) is 6.07. The third-order valence-electron chi connectivity index (χ3n) is 5.94. The molecule has 0 aromatic heterocycles. The van der Waals surface area contributed by atoms with Crippen molar-refractivity contribution < 1.29 is 18.7 Å². The summed E-state index contributed by atoms with van der Waals surface area (Å²) in [5.41, 5.74) is 4.05. The zero-order valence-corrected chi connectivity index (χ0v) is 20.5. The van der Waals surface area contributed by atoms with Gasteiger partial charge in [0.2, 0.25) is 0 Å². The summed E-state index contributed by atoms with van der Waals surface area (Å²) in [6, 6.07) is 21.5. The van der Waals surface area contributed by atoms with E-state index in [0.717, 1.165) is 31.7 Å². The first-order chi connectivity index (χ1) is 16.2. The van der Waals surface area contributed by atoms with Gasteiger partial charge < -0.3 is 19.5 Å². The molecule has 0 aliphatic rings. The third kappa shape index (κ3) is 8.60. The van der Waals surface area contributed by atoms with Crippen LogP contribution in [0.5, 0.6) is 5.75 Å². The molecule has 33 heavy (non-hydrogen) atoms. The highest BCUT2D eigenvalue weighted by atomic mass is 31.1. The summed E-state index contributed by atoms with van der Waals surface area (Å²) in [7, 11) is -1.10. The fourth-order valence-electron chi connectivity index (χ4n) is 4.20. The van der Waals surface area contributed by atoms with Gasteiger partial charge in [-0.25, -0.2) is 0 Å². The van der Waals surface area contributed by atoms with Crippen molar-refractivity contribution in [1.29, 1.82) is 0 Å². The molecule has 0 saturated heterocycles. The Morgan fingerprint density at radius 2 is 1.58 bits per heavy atom. The van der Waals surface area contributed by atoms with E-state index in [2.05, 4.69) is 59.9 Å². The van der Waals surface area contributed by atoms with Crippen LogP contribution in [0.4, 0.5) is 0 Å². The molecule has 0 amide bonds. The molecule has 5 nitrogen and oxygen atoms in total. The van der Waals surface area contributed by atoms with Crippen LogP contribution in [-0.4, -0.2) is 25.2 Å². The largest absolute Gasteiger partial charge is 0.497 e. The van der Waals surface area contributed by atoms with Gasteiger partial charge in [0.25, 0.3) is 0 Å². The summed E-state index contributed by atoms with van der Waals surface area (Å²) in [5, 5.41) is 6.06. The highest BCUT2D eigenvalue weighted by Gasteiger charge is 2.06. The molecule has 0 spiro atoms. The van der Waals surface area contributed by atoms with E-state index in [0.29, 0.717) is 13.0 Å². The lowest BCUT2D eigenvalue weighted by Gasteiger charge is -2.12. The van der Waals surface area contributed by atoms with Crippen molar-refractivity contribution in [3.05, 3.63) is 77.4 Å². The number of fused-ring (bicyclic) bond motifs is 1. The topological polar surface area (TPSA) is 67.8 Å². The SMILES string of the molecule is COc1cccc(CCCCCCc2ccc(CNCCCO[PH](=O)O)c3ccccc23)c1. The Kier molecular flexibility index (Phi) is 10.9. The van der Waals surface area contributed by atoms with Crippen LogP contribution in [0.15, 0.2) is 60.7 Å². The minimum absolute atomic E-state index is 0.306. The van der Waals surface area contributed by atoms with Crippen LogP contribution in [0.2, 0.25) is 0 Å². The van der Waals surface area contributed by atoms with E-state index in [9.17, 15) is 4.57 Å². The van der Waals surface area contributed by atoms with Crippen molar-refractivity contribution in [2.24, 2.45) is 0 Å². The van der Waals surface area contributed by atoms with Gasteiger partial charge in [-0.05, 0) is 78.2 Å². The summed E-state index contributed by atoms with van der Waals surface area (Å²) >= 11 is 0. The minimum atomic E-state index is -2.82. The van der Waals surface area contributed by atoms with Crippen molar-refractivity contribution in [1.82, 2.24) is 5.32 Å². The molecule has 0 aliphatic carbocycles. The van der Waals surface area contributed by atoms with Crippen LogP contribution in [0.25, 0.3) is 10.8 Å². The van der Waals surface area contributed by atoms with Crippen molar-refractivity contribution in [2.45, 2.75) is 51.5 Å². The molecule has 1 atom stereocenters. The molecular formula is C27H36NO4P. The molecule has 3 aromatic rings. The quantitative estimate of drug-likeness (QED) is 0.209. The van der Waals surface area contributed by atoms with E-state index >= 15 is 0 Å². The van der Waals surface area contributed by atoms with Gasteiger partial charge in [0.15, 0.2) is 0 Å². The van der Waals surface area contributed by atoms with Crippen LogP contribution in [0, 0.1) is 0 Å². The van der Waals surface area contributed by atoms with E-state index in [-0.39, 0.29) is 0 Å². The van der Waals surface area contributed by atoms with Crippen molar-refractivity contribution in [3.63, 3.8) is 0 Å². The Balaban J connectivity index is 1.44. The molecule has 0 bridgehead atoms. The van der Waals surface area contributed by atoms with Crippen LogP contribution in [0.3, 0.4) is 0 Å². The molecule has 0 aliphatic heterocycles. The zero-order chi connectivity index (χ0) is 23.3. The van der Waals surface area contributed by atoms with Crippen molar-refractivity contribution in [3.8, 4) is 5.75 Å². The first-order valence-electron chi connectivity index (χ1n) is 11.9. The Bertz CT molecular complexity index is 1020. The Morgan fingerprint density at radius 3 is 2.33 bits per heavy atom. The molecule has 0 fully saturated rings. The average Bonchev–Trinajstić information content (AvgIpc) is 2.84. The second-order valence-corrected chi connectivity index (χ2v) is 9.16. The fourth-order valence-corrected chi connectivity index (χ4v) is 4.52. The van der Waals surface area contributed by atoms with Gasteiger partial charge in [-0.2, -0.15) is 0 Å². The van der Waals surface area contributed by atoms with Gasteiger partial charge in [-0.15, -0.1) is 0 Å². The number of rotatable bonds is 15. The molecule has 3 rings (SSSR count). The maximum atomic E-state index is 10.6. The lowest BCUT2D eigenvalue weighted by atomic mass is 9.95. The zero-order valence-electron chi connectivity index (χ0n) is 19.5. The van der Waals surface area contributed by atoms with Crippen molar-refractivity contribution >= 4 is 19.0 Å². The monoisotopic (exact) mass is 469 g/mol. The third-order valence-corrected chi connectivity index (χ3v) is 6.39. The summed E-state index contributed by atoms with van der Waals surface area (Å²) in [6.07, 6.45) is 7.81. The molecule has 0 saturated carbocycles. The maximum Gasteiger partial charge on any atom is 0.316 e. The molecule has 1 unspecified atom stereocenters. The molecule has 178 valence electrons. The van der Waals surface area contributed by atoms with E-state index in [1.807, 2.05) is 6.07 Å². The van der Waals surface area contributed by atoms with Crippen molar-refractivity contribution in [2.75, 3.05) is 20.3 Å². The fraction of sp³-hybridized carbons (Fsp3) is 0.407. The van der Waals surface area contributed by atoms with E-state index in [4.69, 9.17) is 14.2 Å². The number of nitrogens with one attached hydrogen (secondary N) is 1. The van der Waals surface area contributed by atoms with E-state index in [1.54, 1.807) is 7.11 Å². The molecule has 0 radical (unpaired) electrons. The first-order valence-corrected chi connectivity index (χ1v) is 13.1. The summed E-state index contributed by atoms with van der Waals surface area (Å²) in [5.74, 6) is 0.937. The normalized spacial score (nSPS) is 12.2. The number of aryl methyl sites for hydroxylation is 2. The smallest absolute Gasteiger partial charge is 0.316 e. The van der Waals surface area contributed by atoms with Crippen LogP contribution >= 0.6 is 8.25 Å². The van der Waals surface area contributed by atoms with Gasteiger partial charge in [0, 0.05) is 6.54 Å². The predicted molar refractivity (Wildman–Crippen MR) is 136 cm³/mol. The van der Waals surface area contributed by atoms with E-state index in [1.165, 1.54) is 53.1 Å². The number of hydrogen-bond donors (Lipinski definition) is 2. The summed E-state index contributed by atoms with van der Waals surface area (Å²) in [6.45, 7) is 1.83. The summed E-state index contributed by atoms with van der Waals surface area (Å²) < 4.78 is 20.6. The lowest BCUT2D eigenvalue weighted by molar-refractivity contribution is 0.276. The average molecular weight is 470 g/mol. The molecule has 2 N–H and O–H groups in total.